The summed E-state index contributed by atoms with van der Waals surface area (Å²) >= 11 is 0. The van der Waals surface area contributed by atoms with Crippen LogP contribution < -0.4 is 0 Å². The van der Waals surface area contributed by atoms with Crippen LogP contribution in [0.5, 0.6) is 0 Å². The predicted molar refractivity (Wildman–Crippen MR) is 80.2 cm³/mol. The van der Waals surface area contributed by atoms with Crippen LogP contribution in [0.4, 0.5) is 0 Å². The molecule has 0 radical (unpaired) electrons. The highest BCUT2D eigenvalue weighted by molar-refractivity contribution is 5.68. The lowest BCUT2D eigenvalue weighted by Gasteiger charge is -2.21. The van der Waals surface area contributed by atoms with E-state index in [0.29, 0.717) is 13.2 Å². The zero-order chi connectivity index (χ0) is 14.6. The van der Waals surface area contributed by atoms with Gasteiger partial charge in [0.25, 0.3) is 0 Å². The van der Waals surface area contributed by atoms with Crippen molar-refractivity contribution in [3.63, 3.8) is 0 Å². The smallest absolute Gasteiger partial charge is 0.217 e. The van der Waals surface area contributed by atoms with Crippen molar-refractivity contribution in [3.8, 4) is 0 Å². The fourth-order valence-electron chi connectivity index (χ4n) is 2.41. The standard InChI is InChI=1S/C17H24O3/c1-5-18-16(19-6-2)15-10-14(12-20-15)13-8-7-9-17(3,4)11-13/h7,9-12,16H,5-6,8H2,1-4H3. The van der Waals surface area contributed by atoms with Gasteiger partial charge in [-0.05, 0) is 31.9 Å². The van der Waals surface area contributed by atoms with Crippen molar-refractivity contribution < 1.29 is 13.9 Å². The summed E-state index contributed by atoms with van der Waals surface area (Å²) in [5.41, 5.74) is 2.51. The minimum atomic E-state index is -0.411. The molecule has 0 saturated carbocycles. The monoisotopic (exact) mass is 276 g/mol. The van der Waals surface area contributed by atoms with Gasteiger partial charge < -0.3 is 13.9 Å². The topological polar surface area (TPSA) is 31.6 Å². The lowest BCUT2D eigenvalue weighted by atomic mass is 9.84. The second kappa shape index (κ2) is 6.42. The molecule has 1 heterocycles. The molecule has 0 bridgehead atoms. The molecule has 3 heteroatoms. The fraction of sp³-hybridized carbons (Fsp3) is 0.529. The van der Waals surface area contributed by atoms with Crippen LogP contribution in [-0.4, -0.2) is 13.2 Å². The molecule has 1 aliphatic rings. The number of allylic oxidation sites excluding steroid dienone is 4. The highest BCUT2D eigenvalue weighted by Gasteiger charge is 2.20. The Kier molecular flexibility index (Phi) is 4.84. The van der Waals surface area contributed by atoms with Crippen LogP contribution in [0, 0.1) is 5.41 Å². The maximum Gasteiger partial charge on any atom is 0.217 e. The summed E-state index contributed by atoms with van der Waals surface area (Å²) in [5.74, 6) is 0.733. The lowest BCUT2D eigenvalue weighted by molar-refractivity contribution is -0.150. The van der Waals surface area contributed by atoms with E-state index in [0.717, 1.165) is 17.7 Å². The number of ether oxygens (including phenoxy) is 2. The SMILES string of the molecule is CCOC(OCC)c1cc(C2=CC(C)(C)C=CC2)co1. The number of hydrogen-bond acceptors (Lipinski definition) is 3. The zero-order valence-corrected chi connectivity index (χ0v) is 12.8. The molecule has 1 aromatic rings. The Morgan fingerprint density at radius 3 is 2.55 bits per heavy atom. The molecule has 2 rings (SSSR count). The molecule has 0 aromatic carbocycles. The zero-order valence-electron chi connectivity index (χ0n) is 12.8. The van der Waals surface area contributed by atoms with Crippen LogP contribution in [0.1, 0.15) is 51.7 Å². The second-order valence-electron chi connectivity index (χ2n) is 5.58. The summed E-state index contributed by atoms with van der Waals surface area (Å²) in [4.78, 5) is 0. The molecule has 0 atom stereocenters. The quantitative estimate of drug-likeness (QED) is 0.556. The van der Waals surface area contributed by atoms with Gasteiger partial charge in [-0.3, -0.25) is 0 Å². The normalized spacial score (nSPS) is 17.6. The average molecular weight is 276 g/mol. The number of hydrogen-bond donors (Lipinski definition) is 0. The summed E-state index contributed by atoms with van der Waals surface area (Å²) in [7, 11) is 0. The Bertz CT molecular complexity index is 488. The molecule has 0 aliphatic heterocycles. The minimum absolute atomic E-state index is 0.101. The van der Waals surface area contributed by atoms with Crippen LogP contribution in [0.15, 0.2) is 35.0 Å². The third kappa shape index (κ3) is 3.62. The third-order valence-electron chi connectivity index (χ3n) is 3.29. The van der Waals surface area contributed by atoms with Gasteiger partial charge in [0.15, 0.2) is 5.76 Å². The van der Waals surface area contributed by atoms with Gasteiger partial charge in [-0.2, -0.15) is 0 Å². The number of furan rings is 1. The Balaban J connectivity index is 2.18. The molecule has 0 amide bonds. The molecule has 20 heavy (non-hydrogen) atoms. The van der Waals surface area contributed by atoms with Gasteiger partial charge in [-0.25, -0.2) is 0 Å². The Hall–Kier alpha value is -1.32. The van der Waals surface area contributed by atoms with E-state index in [4.69, 9.17) is 13.9 Å². The van der Waals surface area contributed by atoms with E-state index in [1.165, 1.54) is 5.57 Å². The summed E-state index contributed by atoms with van der Waals surface area (Å²) < 4.78 is 16.8. The second-order valence-corrected chi connectivity index (χ2v) is 5.58. The van der Waals surface area contributed by atoms with Gasteiger partial charge in [-0.15, -0.1) is 0 Å². The molecule has 3 nitrogen and oxygen atoms in total. The van der Waals surface area contributed by atoms with Crippen molar-refractivity contribution in [2.75, 3.05) is 13.2 Å². The molecular formula is C17H24O3. The molecule has 0 N–H and O–H groups in total. The summed E-state index contributed by atoms with van der Waals surface area (Å²) in [5, 5.41) is 0. The van der Waals surface area contributed by atoms with E-state index in [9.17, 15) is 0 Å². The van der Waals surface area contributed by atoms with Crippen LogP contribution in [-0.2, 0) is 9.47 Å². The van der Waals surface area contributed by atoms with Crippen molar-refractivity contribution in [2.45, 2.75) is 40.4 Å². The first-order valence-corrected chi connectivity index (χ1v) is 7.27. The molecular weight excluding hydrogens is 252 g/mol. The van der Waals surface area contributed by atoms with Crippen molar-refractivity contribution >= 4 is 5.57 Å². The van der Waals surface area contributed by atoms with Crippen LogP contribution in [0.25, 0.3) is 5.57 Å². The minimum Gasteiger partial charge on any atom is -0.463 e. The summed E-state index contributed by atoms with van der Waals surface area (Å²) in [6.07, 6.45) is 9.06. The van der Waals surface area contributed by atoms with Crippen LogP contribution >= 0.6 is 0 Å². The largest absolute Gasteiger partial charge is 0.463 e. The first-order valence-electron chi connectivity index (χ1n) is 7.27. The molecule has 0 fully saturated rings. The highest BCUT2D eigenvalue weighted by atomic mass is 16.7. The average Bonchev–Trinajstić information content (AvgIpc) is 2.87. The summed E-state index contributed by atoms with van der Waals surface area (Å²) in [6.45, 7) is 9.50. The van der Waals surface area contributed by atoms with E-state index in [2.05, 4.69) is 32.1 Å². The van der Waals surface area contributed by atoms with Crippen LogP contribution in [0.3, 0.4) is 0 Å². The molecule has 1 aliphatic carbocycles. The maximum absolute atomic E-state index is 5.64. The van der Waals surface area contributed by atoms with Gasteiger partial charge in [0.1, 0.15) is 0 Å². The molecule has 0 saturated heterocycles. The Labute approximate surface area is 121 Å². The van der Waals surface area contributed by atoms with E-state index in [1.807, 2.05) is 19.9 Å². The maximum atomic E-state index is 5.64. The fourth-order valence-corrected chi connectivity index (χ4v) is 2.41. The van der Waals surface area contributed by atoms with E-state index >= 15 is 0 Å². The molecule has 0 unspecified atom stereocenters. The predicted octanol–water partition coefficient (Wildman–Crippen LogP) is 4.72. The third-order valence-corrected chi connectivity index (χ3v) is 3.29. The van der Waals surface area contributed by atoms with Crippen molar-refractivity contribution in [1.29, 1.82) is 0 Å². The van der Waals surface area contributed by atoms with Crippen molar-refractivity contribution in [2.24, 2.45) is 5.41 Å². The van der Waals surface area contributed by atoms with E-state index in [-0.39, 0.29) is 5.41 Å². The first-order chi connectivity index (χ1) is 9.55. The van der Waals surface area contributed by atoms with Crippen LogP contribution in [0.2, 0.25) is 0 Å². The van der Waals surface area contributed by atoms with E-state index in [1.54, 1.807) is 6.26 Å². The summed E-state index contributed by atoms with van der Waals surface area (Å²) in [6, 6.07) is 2.02. The highest BCUT2D eigenvalue weighted by Crippen LogP contribution is 2.34. The van der Waals surface area contributed by atoms with Crippen molar-refractivity contribution in [1.82, 2.24) is 0 Å². The van der Waals surface area contributed by atoms with E-state index < -0.39 is 6.29 Å². The van der Waals surface area contributed by atoms with Gasteiger partial charge in [0.05, 0.1) is 6.26 Å². The Morgan fingerprint density at radius 2 is 1.95 bits per heavy atom. The van der Waals surface area contributed by atoms with Gasteiger partial charge >= 0.3 is 0 Å². The number of rotatable bonds is 6. The first kappa shape index (κ1) is 15.1. The lowest BCUT2D eigenvalue weighted by Crippen LogP contribution is -2.08. The van der Waals surface area contributed by atoms with Crippen molar-refractivity contribution in [3.05, 3.63) is 41.9 Å². The van der Waals surface area contributed by atoms with Gasteiger partial charge in [0, 0.05) is 24.2 Å². The van der Waals surface area contributed by atoms with Gasteiger partial charge in [-0.1, -0.05) is 32.1 Å². The van der Waals surface area contributed by atoms with Gasteiger partial charge in [0.2, 0.25) is 6.29 Å². The molecule has 1 aromatic heterocycles. The molecule has 110 valence electrons. The Morgan fingerprint density at radius 1 is 1.25 bits per heavy atom. The molecule has 0 spiro atoms.